The van der Waals surface area contributed by atoms with Crippen LogP contribution < -0.4 is 5.56 Å². The second kappa shape index (κ2) is 7.74. The standard InChI is InChI=1S/C20H31N5O/c1-20(2,3)18-5-6-19(26)25(22-18)14-16-7-10-24(11-8-16)12-9-17-13-21-15-23(17)4/h5-6,13,15-16H,7-12,14H2,1-4H3. The Morgan fingerprint density at radius 2 is 1.92 bits per heavy atom. The van der Waals surface area contributed by atoms with Gasteiger partial charge in [0.05, 0.1) is 12.0 Å². The van der Waals surface area contributed by atoms with Crippen LogP contribution in [-0.2, 0) is 25.4 Å². The van der Waals surface area contributed by atoms with Crippen LogP contribution in [0.15, 0.2) is 29.5 Å². The Labute approximate surface area is 155 Å². The number of likely N-dealkylation sites (tertiary alicyclic amines) is 1. The Morgan fingerprint density at radius 3 is 2.54 bits per heavy atom. The molecule has 1 aliphatic rings. The molecule has 26 heavy (non-hydrogen) atoms. The molecule has 1 saturated heterocycles. The van der Waals surface area contributed by atoms with Crippen LogP contribution in [-0.4, -0.2) is 43.9 Å². The summed E-state index contributed by atoms with van der Waals surface area (Å²) in [7, 11) is 2.05. The highest BCUT2D eigenvalue weighted by Gasteiger charge is 2.22. The molecule has 0 radical (unpaired) electrons. The molecule has 3 rings (SSSR count). The Hall–Kier alpha value is -1.95. The Balaban J connectivity index is 1.53. The molecule has 1 fully saturated rings. The van der Waals surface area contributed by atoms with E-state index in [4.69, 9.17) is 0 Å². The molecule has 2 aromatic heterocycles. The molecular weight excluding hydrogens is 326 g/mol. The van der Waals surface area contributed by atoms with E-state index in [1.54, 1.807) is 10.7 Å². The fourth-order valence-corrected chi connectivity index (χ4v) is 3.52. The van der Waals surface area contributed by atoms with E-state index in [2.05, 4.69) is 40.3 Å². The van der Waals surface area contributed by atoms with Gasteiger partial charge in [0.25, 0.3) is 5.56 Å². The van der Waals surface area contributed by atoms with E-state index in [1.807, 2.05) is 25.6 Å². The molecule has 0 spiro atoms. The third-order valence-electron chi connectivity index (χ3n) is 5.37. The maximum Gasteiger partial charge on any atom is 0.266 e. The van der Waals surface area contributed by atoms with Gasteiger partial charge in [-0.1, -0.05) is 20.8 Å². The van der Waals surface area contributed by atoms with Gasteiger partial charge in [-0.05, 0) is 37.9 Å². The zero-order valence-corrected chi connectivity index (χ0v) is 16.5. The average molecular weight is 358 g/mol. The largest absolute Gasteiger partial charge is 0.338 e. The summed E-state index contributed by atoms with van der Waals surface area (Å²) in [4.78, 5) is 18.9. The Bertz CT molecular complexity index is 778. The minimum Gasteiger partial charge on any atom is -0.338 e. The summed E-state index contributed by atoms with van der Waals surface area (Å²) in [6.07, 6.45) is 7.10. The van der Waals surface area contributed by atoms with Gasteiger partial charge >= 0.3 is 0 Å². The van der Waals surface area contributed by atoms with Gasteiger partial charge in [-0.15, -0.1) is 0 Å². The van der Waals surface area contributed by atoms with Crippen LogP contribution in [0.1, 0.15) is 45.0 Å². The van der Waals surface area contributed by atoms with Crippen LogP contribution in [0, 0.1) is 5.92 Å². The minimum atomic E-state index is -0.0371. The van der Waals surface area contributed by atoms with Crippen molar-refractivity contribution in [1.82, 2.24) is 24.2 Å². The van der Waals surface area contributed by atoms with Gasteiger partial charge < -0.3 is 9.47 Å². The topological polar surface area (TPSA) is 56.0 Å². The zero-order chi connectivity index (χ0) is 18.7. The van der Waals surface area contributed by atoms with Crippen molar-refractivity contribution in [2.24, 2.45) is 13.0 Å². The van der Waals surface area contributed by atoms with E-state index < -0.39 is 0 Å². The Morgan fingerprint density at radius 1 is 1.19 bits per heavy atom. The summed E-state index contributed by atoms with van der Waals surface area (Å²) in [5, 5.41) is 4.62. The van der Waals surface area contributed by atoms with E-state index in [0.29, 0.717) is 5.92 Å². The molecule has 0 saturated carbocycles. The normalized spacial score (nSPS) is 16.9. The van der Waals surface area contributed by atoms with Gasteiger partial charge in [0.1, 0.15) is 0 Å². The van der Waals surface area contributed by atoms with Gasteiger partial charge in [-0.2, -0.15) is 5.10 Å². The van der Waals surface area contributed by atoms with Gasteiger partial charge in [0.15, 0.2) is 0 Å². The van der Waals surface area contributed by atoms with Crippen molar-refractivity contribution in [1.29, 1.82) is 0 Å². The van der Waals surface area contributed by atoms with Crippen molar-refractivity contribution in [3.63, 3.8) is 0 Å². The summed E-state index contributed by atoms with van der Waals surface area (Å²) < 4.78 is 3.77. The fourth-order valence-electron chi connectivity index (χ4n) is 3.52. The van der Waals surface area contributed by atoms with E-state index in [-0.39, 0.29) is 11.0 Å². The number of aryl methyl sites for hydroxylation is 1. The summed E-state index contributed by atoms with van der Waals surface area (Å²) in [6.45, 7) is 10.4. The number of piperidine rings is 1. The number of imidazole rings is 1. The lowest BCUT2D eigenvalue weighted by Gasteiger charge is -2.32. The van der Waals surface area contributed by atoms with Gasteiger partial charge in [0.2, 0.25) is 0 Å². The van der Waals surface area contributed by atoms with Crippen molar-refractivity contribution in [2.75, 3.05) is 19.6 Å². The zero-order valence-electron chi connectivity index (χ0n) is 16.5. The molecule has 0 atom stereocenters. The van der Waals surface area contributed by atoms with Crippen molar-refractivity contribution >= 4 is 0 Å². The first-order chi connectivity index (χ1) is 12.3. The highest BCUT2D eigenvalue weighted by Crippen LogP contribution is 2.21. The first kappa shape index (κ1) is 18.8. The SMILES string of the molecule is Cn1cncc1CCN1CCC(Cn2nc(C(C)(C)C)ccc2=O)CC1. The third-order valence-corrected chi connectivity index (χ3v) is 5.37. The first-order valence-electron chi connectivity index (χ1n) is 9.59. The number of nitrogens with zero attached hydrogens (tertiary/aromatic N) is 5. The Kier molecular flexibility index (Phi) is 5.61. The molecule has 0 amide bonds. The molecule has 2 aromatic rings. The van der Waals surface area contributed by atoms with E-state index >= 15 is 0 Å². The van der Waals surface area contributed by atoms with Crippen LogP contribution in [0.3, 0.4) is 0 Å². The van der Waals surface area contributed by atoms with Crippen molar-refractivity contribution in [3.8, 4) is 0 Å². The lowest BCUT2D eigenvalue weighted by atomic mass is 9.92. The van der Waals surface area contributed by atoms with Crippen LogP contribution >= 0.6 is 0 Å². The molecule has 0 aromatic carbocycles. The van der Waals surface area contributed by atoms with E-state index in [1.165, 1.54) is 5.69 Å². The maximum atomic E-state index is 12.2. The molecule has 3 heterocycles. The maximum absolute atomic E-state index is 12.2. The highest BCUT2D eigenvalue weighted by atomic mass is 16.1. The molecule has 0 unspecified atom stereocenters. The molecule has 0 aliphatic carbocycles. The summed E-state index contributed by atoms with van der Waals surface area (Å²) in [6, 6.07) is 3.52. The van der Waals surface area contributed by atoms with Crippen LogP contribution in [0.25, 0.3) is 0 Å². The van der Waals surface area contributed by atoms with Crippen molar-refractivity contribution in [3.05, 3.63) is 46.4 Å². The first-order valence-corrected chi connectivity index (χ1v) is 9.59. The number of aromatic nitrogens is 4. The second-order valence-electron chi connectivity index (χ2n) is 8.52. The van der Waals surface area contributed by atoms with Crippen LogP contribution in [0.4, 0.5) is 0 Å². The lowest BCUT2D eigenvalue weighted by Crippen LogP contribution is -2.38. The van der Waals surface area contributed by atoms with E-state index in [0.717, 1.165) is 51.1 Å². The van der Waals surface area contributed by atoms with Crippen molar-refractivity contribution < 1.29 is 0 Å². The molecule has 0 N–H and O–H groups in total. The molecule has 6 heteroatoms. The second-order valence-corrected chi connectivity index (χ2v) is 8.52. The highest BCUT2D eigenvalue weighted by molar-refractivity contribution is 5.10. The van der Waals surface area contributed by atoms with E-state index in [9.17, 15) is 4.79 Å². The summed E-state index contributed by atoms with van der Waals surface area (Å²) in [5.41, 5.74) is 2.23. The average Bonchev–Trinajstić information content (AvgIpc) is 3.00. The molecule has 142 valence electrons. The smallest absolute Gasteiger partial charge is 0.266 e. The lowest BCUT2D eigenvalue weighted by molar-refractivity contribution is 0.170. The van der Waals surface area contributed by atoms with Crippen LogP contribution in [0.2, 0.25) is 0 Å². The number of rotatable bonds is 5. The molecule has 6 nitrogen and oxygen atoms in total. The molecular formula is C20H31N5O. The monoisotopic (exact) mass is 357 g/mol. The predicted molar refractivity (Wildman–Crippen MR) is 103 cm³/mol. The van der Waals surface area contributed by atoms with Crippen molar-refractivity contribution in [2.45, 2.75) is 52.0 Å². The third kappa shape index (κ3) is 4.61. The fraction of sp³-hybridized carbons (Fsp3) is 0.650. The van der Waals surface area contributed by atoms with Gasteiger partial charge in [-0.3, -0.25) is 4.79 Å². The number of hydrogen-bond donors (Lipinski definition) is 0. The number of hydrogen-bond acceptors (Lipinski definition) is 4. The van der Waals surface area contributed by atoms with Crippen LogP contribution in [0.5, 0.6) is 0 Å². The quantitative estimate of drug-likeness (QED) is 0.823. The minimum absolute atomic E-state index is 0.0108. The predicted octanol–water partition coefficient (Wildman–Crippen LogP) is 2.23. The van der Waals surface area contributed by atoms with Gasteiger partial charge in [0, 0.05) is 49.9 Å². The molecule has 1 aliphatic heterocycles. The summed E-state index contributed by atoms with van der Waals surface area (Å²) in [5.74, 6) is 0.531. The summed E-state index contributed by atoms with van der Waals surface area (Å²) >= 11 is 0. The van der Waals surface area contributed by atoms with Gasteiger partial charge in [-0.25, -0.2) is 9.67 Å². The molecule has 0 bridgehead atoms.